The Kier molecular flexibility index (Phi) is 5.06. The molecular weight excluding hydrogens is 380 g/mol. The zero-order valence-corrected chi connectivity index (χ0v) is 16.0. The summed E-state index contributed by atoms with van der Waals surface area (Å²) in [6.45, 7) is 4.64. The number of rotatable bonds is 4. The van der Waals surface area contributed by atoms with Crippen LogP contribution < -0.4 is 5.56 Å². The molecule has 1 aromatic heterocycles. The number of amides is 2. The number of hydroxylamine groups is 2. The maximum Gasteiger partial charge on any atom is 0.369 e. The van der Waals surface area contributed by atoms with Gasteiger partial charge < -0.3 is 14.1 Å². The molecule has 0 N–H and O–H groups in total. The fourth-order valence-electron chi connectivity index (χ4n) is 2.71. The Morgan fingerprint density at radius 3 is 2.07 bits per heavy atom. The first-order valence-electron chi connectivity index (χ1n) is 8.70. The zero-order chi connectivity index (χ0) is 21.3. The first-order valence-corrected chi connectivity index (χ1v) is 8.70. The van der Waals surface area contributed by atoms with E-state index in [0.29, 0.717) is 5.06 Å². The number of ether oxygens (including phenoxy) is 1. The highest BCUT2D eigenvalue weighted by Gasteiger charge is 2.39. The molecule has 150 valence electrons. The molecule has 0 fully saturated rings. The van der Waals surface area contributed by atoms with Crippen molar-refractivity contribution in [1.82, 2.24) is 9.63 Å². The van der Waals surface area contributed by atoms with Crippen molar-refractivity contribution >= 4 is 23.8 Å². The van der Waals surface area contributed by atoms with Gasteiger partial charge >= 0.3 is 11.9 Å². The molecule has 2 aromatic rings. The van der Waals surface area contributed by atoms with Gasteiger partial charge in [0.15, 0.2) is 0 Å². The number of imide groups is 1. The molecule has 0 radical (unpaired) electrons. The van der Waals surface area contributed by atoms with Crippen molar-refractivity contribution in [2.45, 2.75) is 32.9 Å². The Morgan fingerprint density at radius 1 is 0.931 bits per heavy atom. The molecule has 29 heavy (non-hydrogen) atoms. The second-order valence-electron chi connectivity index (χ2n) is 7.27. The summed E-state index contributed by atoms with van der Waals surface area (Å²) in [5, 5.41) is 0.317. The number of nitrogens with zero attached hydrogens (tertiary/aromatic N) is 2. The SMILES string of the molecule is CC(C)(C)OC(=O)Cn1cccc(C(=O)ON2C(=O)c3ccccc3C2=O)c1=O. The maximum atomic E-state index is 12.5. The Hall–Kier alpha value is -3.75. The lowest BCUT2D eigenvalue weighted by Crippen LogP contribution is -2.36. The van der Waals surface area contributed by atoms with Gasteiger partial charge in [-0.3, -0.25) is 19.2 Å². The standard InChI is InChI=1S/C20H18N2O7/c1-20(2,3)28-15(23)11-21-10-6-9-14(16(21)24)19(27)29-22-17(25)12-7-4-5-8-13(12)18(22)26/h4-10H,11H2,1-3H3. The van der Waals surface area contributed by atoms with Crippen LogP contribution in [0.15, 0.2) is 47.4 Å². The molecule has 3 rings (SSSR count). The Morgan fingerprint density at radius 2 is 1.52 bits per heavy atom. The molecule has 9 nitrogen and oxygen atoms in total. The fourth-order valence-corrected chi connectivity index (χ4v) is 2.71. The summed E-state index contributed by atoms with van der Waals surface area (Å²) >= 11 is 0. The lowest BCUT2D eigenvalue weighted by molar-refractivity contribution is -0.155. The summed E-state index contributed by atoms with van der Waals surface area (Å²) in [5.74, 6) is -3.46. The minimum Gasteiger partial charge on any atom is -0.459 e. The van der Waals surface area contributed by atoms with Crippen molar-refractivity contribution < 1.29 is 28.8 Å². The third-order valence-electron chi connectivity index (χ3n) is 3.89. The van der Waals surface area contributed by atoms with Crippen LogP contribution >= 0.6 is 0 Å². The second kappa shape index (κ2) is 7.34. The monoisotopic (exact) mass is 398 g/mol. The van der Waals surface area contributed by atoms with E-state index in [2.05, 4.69) is 0 Å². The molecule has 0 bridgehead atoms. The highest BCUT2D eigenvalue weighted by atomic mass is 16.7. The highest BCUT2D eigenvalue weighted by Crippen LogP contribution is 2.23. The maximum absolute atomic E-state index is 12.5. The average Bonchev–Trinajstić information content (AvgIpc) is 2.87. The molecule has 2 heterocycles. The van der Waals surface area contributed by atoms with Crippen molar-refractivity contribution in [3.05, 3.63) is 69.6 Å². The third-order valence-corrected chi connectivity index (χ3v) is 3.89. The number of esters is 1. The van der Waals surface area contributed by atoms with E-state index in [4.69, 9.17) is 9.57 Å². The molecule has 1 aromatic carbocycles. The molecule has 1 aliphatic rings. The van der Waals surface area contributed by atoms with Gasteiger partial charge in [0.1, 0.15) is 17.7 Å². The van der Waals surface area contributed by atoms with E-state index in [-0.39, 0.29) is 11.1 Å². The number of benzene rings is 1. The Balaban J connectivity index is 1.79. The van der Waals surface area contributed by atoms with Crippen LogP contribution in [0, 0.1) is 0 Å². The number of carbonyl (C=O) groups is 4. The molecule has 1 aliphatic heterocycles. The largest absolute Gasteiger partial charge is 0.459 e. The van der Waals surface area contributed by atoms with E-state index in [1.165, 1.54) is 30.5 Å². The first-order chi connectivity index (χ1) is 13.6. The molecule has 9 heteroatoms. The van der Waals surface area contributed by atoms with Gasteiger partial charge in [-0.15, -0.1) is 0 Å². The zero-order valence-electron chi connectivity index (χ0n) is 16.0. The van der Waals surface area contributed by atoms with Gasteiger partial charge in [0.25, 0.3) is 17.4 Å². The van der Waals surface area contributed by atoms with Gasteiger partial charge in [-0.2, -0.15) is 0 Å². The number of hydrogen-bond acceptors (Lipinski definition) is 7. The van der Waals surface area contributed by atoms with Gasteiger partial charge in [-0.1, -0.05) is 17.2 Å². The minimum absolute atomic E-state index is 0.0979. The van der Waals surface area contributed by atoms with Gasteiger partial charge in [0, 0.05) is 6.20 Å². The van der Waals surface area contributed by atoms with E-state index in [0.717, 1.165) is 4.57 Å². The molecule has 0 unspecified atom stereocenters. The van der Waals surface area contributed by atoms with Crippen molar-refractivity contribution in [3.63, 3.8) is 0 Å². The topological polar surface area (TPSA) is 112 Å². The van der Waals surface area contributed by atoms with Gasteiger partial charge in [-0.05, 0) is 45.0 Å². The Labute approximate surface area is 165 Å². The van der Waals surface area contributed by atoms with Gasteiger partial charge in [-0.25, -0.2) is 4.79 Å². The number of hydrogen-bond donors (Lipinski definition) is 0. The smallest absolute Gasteiger partial charge is 0.369 e. The molecule has 0 saturated carbocycles. The molecule has 0 saturated heterocycles. The number of aromatic nitrogens is 1. The van der Waals surface area contributed by atoms with Gasteiger partial charge in [0.2, 0.25) is 0 Å². The normalized spacial score (nSPS) is 13.3. The molecule has 0 atom stereocenters. The quantitative estimate of drug-likeness (QED) is 0.567. The van der Waals surface area contributed by atoms with Crippen LogP contribution in [0.4, 0.5) is 0 Å². The van der Waals surface area contributed by atoms with Crippen molar-refractivity contribution in [2.24, 2.45) is 0 Å². The molecular formula is C20H18N2O7. The number of carbonyl (C=O) groups excluding carboxylic acids is 4. The van der Waals surface area contributed by atoms with E-state index in [1.54, 1.807) is 32.9 Å². The minimum atomic E-state index is -1.19. The van der Waals surface area contributed by atoms with Gasteiger partial charge in [0.05, 0.1) is 11.1 Å². The number of fused-ring (bicyclic) bond motifs is 1. The predicted octanol–water partition coefficient (Wildman–Crippen LogP) is 1.56. The van der Waals surface area contributed by atoms with E-state index >= 15 is 0 Å². The van der Waals surface area contributed by atoms with Crippen LogP contribution in [0.3, 0.4) is 0 Å². The summed E-state index contributed by atoms with van der Waals surface area (Å²) in [5.41, 5.74) is -1.79. The number of pyridine rings is 1. The lowest BCUT2D eigenvalue weighted by atomic mass is 10.1. The summed E-state index contributed by atoms with van der Waals surface area (Å²) in [6.07, 6.45) is 1.31. The Bertz CT molecular complexity index is 1040. The van der Waals surface area contributed by atoms with Crippen molar-refractivity contribution in [3.8, 4) is 0 Å². The van der Waals surface area contributed by atoms with Crippen molar-refractivity contribution in [1.29, 1.82) is 0 Å². The summed E-state index contributed by atoms with van der Waals surface area (Å²) in [7, 11) is 0. The molecule has 0 spiro atoms. The van der Waals surface area contributed by atoms with Crippen LogP contribution in [-0.4, -0.2) is 39.0 Å². The second-order valence-corrected chi connectivity index (χ2v) is 7.27. The van der Waals surface area contributed by atoms with Crippen LogP contribution in [-0.2, 0) is 20.9 Å². The van der Waals surface area contributed by atoms with Crippen LogP contribution in [0.2, 0.25) is 0 Å². The van der Waals surface area contributed by atoms with Crippen LogP contribution in [0.1, 0.15) is 51.8 Å². The third kappa shape index (κ3) is 4.08. The summed E-state index contributed by atoms with van der Waals surface area (Å²) < 4.78 is 6.14. The summed E-state index contributed by atoms with van der Waals surface area (Å²) in [6, 6.07) is 8.54. The van der Waals surface area contributed by atoms with Crippen molar-refractivity contribution in [2.75, 3.05) is 0 Å². The fraction of sp³-hybridized carbons (Fsp3) is 0.250. The van der Waals surface area contributed by atoms with E-state index in [9.17, 15) is 24.0 Å². The van der Waals surface area contributed by atoms with Crippen LogP contribution in [0.25, 0.3) is 0 Å². The lowest BCUT2D eigenvalue weighted by Gasteiger charge is -2.19. The summed E-state index contributed by atoms with van der Waals surface area (Å²) in [4.78, 5) is 66.4. The molecule has 0 aliphatic carbocycles. The highest BCUT2D eigenvalue weighted by molar-refractivity contribution is 6.21. The first kappa shape index (κ1) is 20.0. The van der Waals surface area contributed by atoms with E-state index < -0.39 is 47.0 Å². The van der Waals surface area contributed by atoms with E-state index in [1.807, 2.05) is 0 Å². The average molecular weight is 398 g/mol. The predicted molar refractivity (Wildman–Crippen MR) is 98.9 cm³/mol. The molecule has 2 amide bonds. The van der Waals surface area contributed by atoms with Crippen LogP contribution in [0.5, 0.6) is 0 Å².